The van der Waals surface area contributed by atoms with Crippen LogP contribution >= 0.6 is 34.4 Å². The highest BCUT2D eigenvalue weighted by Crippen LogP contribution is 2.43. The smallest absolute Gasteiger partial charge is 0.0765 e. The lowest BCUT2D eigenvalue weighted by molar-refractivity contribution is 0.339. The van der Waals surface area contributed by atoms with Crippen LogP contribution in [0.2, 0.25) is 0 Å². The van der Waals surface area contributed by atoms with Crippen LogP contribution in [-0.4, -0.2) is 17.5 Å². The zero-order valence-electron chi connectivity index (χ0n) is 11.1. The van der Waals surface area contributed by atoms with Gasteiger partial charge in [-0.1, -0.05) is 18.6 Å². The molecule has 1 aliphatic carbocycles. The molecule has 0 aliphatic heterocycles. The summed E-state index contributed by atoms with van der Waals surface area (Å²) in [6, 6.07) is 9.17. The molecule has 0 amide bonds. The van der Waals surface area contributed by atoms with Crippen molar-refractivity contribution >= 4 is 34.4 Å². The molecule has 1 saturated carbocycles. The van der Waals surface area contributed by atoms with Gasteiger partial charge in [-0.05, 0) is 42.0 Å². The van der Waals surface area contributed by atoms with Gasteiger partial charge in [-0.2, -0.15) is 11.8 Å². The second-order valence-corrected chi connectivity index (χ2v) is 8.32. The molecule has 0 bridgehead atoms. The van der Waals surface area contributed by atoms with Gasteiger partial charge < -0.3 is 5.32 Å². The van der Waals surface area contributed by atoms with E-state index in [1.54, 1.807) is 0 Å². The molecule has 3 rings (SSSR count). The summed E-state index contributed by atoms with van der Waals surface area (Å²) in [6.07, 6.45) is 6.38. The summed E-state index contributed by atoms with van der Waals surface area (Å²) in [5.41, 5.74) is 0. The minimum atomic E-state index is 0.379. The summed E-state index contributed by atoms with van der Waals surface area (Å²) in [5, 5.41) is 8.16. The Morgan fingerprint density at radius 2 is 1.84 bits per heavy atom. The van der Waals surface area contributed by atoms with Gasteiger partial charge in [-0.15, -0.1) is 22.7 Å². The van der Waals surface area contributed by atoms with Crippen LogP contribution in [0.25, 0.3) is 0 Å². The van der Waals surface area contributed by atoms with E-state index in [1.165, 1.54) is 29.0 Å². The fourth-order valence-electron chi connectivity index (χ4n) is 2.56. The van der Waals surface area contributed by atoms with Crippen molar-refractivity contribution in [2.45, 2.75) is 30.1 Å². The highest BCUT2D eigenvalue weighted by Gasteiger charge is 2.36. The summed E-state index contributed by atoms with van der Waals surface area (Å²) >= 11 is 5.74. The van der Waals surface area contributed by atoms with Crippen LogP contribution in [0.3, 0.4) is 0 Å². The molecule has 1 fully saturated rings. The number of hydrogen-bond donors (Lipinski definition) is 1. The molecular formula is C15H19NS3. The molecule has 102 valence electrons. The zero-order valence-corrected chi connectivity index (χ0v) is 13.5. The highest BCUT2D eigenvalue weighted by molar-refractivity contribution is 8.00. The standard InChI is InChI=1S/C15H19NS3/c1-17-15(7-4-8-15)11-16-14(12-5-2-9-18-12)13-6-3-10-19-13/h2-3,5-6,9-10,14,16H,4,7-8,11H2,1H3. The van der Waals surface area contributed by atoms with Gasteiger partial charge in [0.15, 0.2) is 0 Å². The number of nitrogens with one attached hydrogen (secondary N) is 1. The predicted octanol–water partition coefficient (Wildman–Crippen LogP) is 4.77. The Hall–Kier alpha value is -0.290. The van der Waals surface area contributed by atoms with E-state index in [2.05, 4.69) is 46.6 Å². The molecule has 0 aromatic carbocycles. The number of rotatable bonds is 6. The molecule has 1 aliphatic rings. The number of thiophene rings is 2. The average molecular weight is 310 g/mol. The van der Waals surface area contributed by atoms with E-state index in [-0.39, 0.29) is 0 Å². The monoisotopic (exact) mass is 309 g/mol. The summed E-state index contributed by atoms with van der Waals surface area (Å²) in [5.74, 6) is 0. The molecule has 4 heteroatoms. The van der Waals surface area contributed by atoms with Crippen LogP contribution in [0.1, 0.15) is 35.1 Å². The zero-order chi connectivity index (χ0) is 13.1. The van der Waals surface area contributed by atoms with E-state index >= 15 is 0 Å². The lowest BCUT2D eigenvalue weighted by atomic mass is 9.84. The van der Waals surface area contributed by atoms with Crippen molar-refractivity contribution in [2.24, 2.45) is 0 Å². The normalized spacial score (nSPS) is 17.6. The van der Waals surface area contributed by atoms with Gasteiger partial charge in [0.2, 0.25) is 0 Å². The highest BCUT2D eigenvalue weighted by atomic mass is 32.2. The van der Waals surface area contributed by atoms with Crippen LogP contribution in [0.5, 0.6) is 0 Å². The van der Waals surface area contributed by atoms with Crippen molar-refractivity contribution in [2.75, 3.05) is 12.8 Å². The predicted molar refractivity (Wildman–Crippen MR) is 88.6 cm³/mol. The van der Waals surface area contributed by atoms with Crippen molar-refractivity contribution in [3.05, 3.63) is 44.8 Å². The third-order valence-corrected chi connectivity index (χ3v) is 7.27. The van der Waals surface area contributed by atoms with Gasteiger partial charge in [0.05, 0.1) is 6.04 Å². The maximum Gasteiger partial charge on any atom is 0.0765 e. The van der Waals surface area contributed by atoms with Gasteiger partial charge in [0, 0.05) is 21.0 Å². The first-order valence-electron chi connectivity index (χ1n) is 6.68. The summed E-state index contributed by atoms with van der Waals surface area (Å²) < 4.78 is 0.493. The Bertz CT molecular complexity index is 446. The van der Waals surface area contributed by atoms with Crippen LogP contribution in [0.15, 0.2) is 35.0 Å². The van der Waals surface area contributed by atoms with Gasteiger partial charge in [0.1, 0.15) is 0 Å². The second-order valence-electron chi connectivity index (χ2n) is 5.09. The van der Waals surface area contributed by atoms with Gasteiger partial charge in [0.25, 0.3) is 0 Å². The van der Waals surface area contributed by atoms with E-state index in [1.807, 2.05) is 34.4 Å². The fourth-order valence-corrected chi connectivity index (χ4v) is 5.20. The Morgan fingerprint density at radius 3 is 2.21 bits per heavy atom. The molecule has 2 aromatic rings. The van der Waals surface area contributed by atoms with Crippen LogP contribution < -0.4 is 5.32 Å². The third kappa shape index (κ3) is 2.92. The first kappa shape index (κ1) is 13.7. The summed E-state index contributed by atoms with van der Waals surface area (Å²) in [6.45, 7) is 1.12. The van der Waals surface area contributed by atoms with Crippen molar-refractivity contribution in [3.63, 3.8) is 0 Å². The van der Waals surface area contributed by atoms with Gasteiger partial charge in [-0.25, -0.2) is 0 Å². The molecule has 1 nitrogen and oxygen atoms in total. The second kappa shape index (κ2) is 6.00. The third-order valence-electron chi connectivity index (χ3n) is 3.98. The lowest BCUT2D eigenvalue weighted by Gasteiger charge is -2.41. The van der Waals surface area contributed by atoms with Crippen molar-refractivity contribution in [3.8, 4) is 0 Å². The molecular weight excluding hydrogens is 290 g/mol. The molecule has 0 saturated heterocycles. The fraction of sp³-hybridized carbons (Fsp3) is 0.467. The molecule has 2 aromatic heterocycles. The lowest BCUT2D eigenvalue weighted by Crippen LogP contribution is -2.44. The van der Waals surface area contributed by atoms with E-state index < -0.39 is 0 Å². The molecule has 1 N–H and O–H groups in total. The van der Waals surface area contributed by atoms with E-state index in [9.17, 15) is 0 Å². The summed E-state index contributed by atoms with van der Waals surface area (Å²) in [7, 11) is 0. The topological polar surface area (TPSA) is 12.0 Å². The molecule has 0 spiro atoms. The number of thioether (sulfide) groups is 1. The van der Waals surface area contributed by atoms with E-state index in [0.29, 0.717) is 10.8 Å². The average Bonchev–Trinajstić information content (AvgIpc) is 3.05. The molecule has 0 radical (unpaired) electrons. The Kier molecular flexibility index (Phi) is 4.32. The maximum absolute atomic E-state index is 3.82. The molecule has 2 heterocycles. The quantitative estimate of drug-likeness (QED) is 0.824. The van der Waals surface area contributed by atoms with Gasteiger partial charge >= 0.3 is 0 Å². The summed E-state index contributed by atoms with van der Waals surface area (Å²) in [4.78, 5) is 2.86. The molecule has 0 atom stereocenters. The van der Waals surface area contributed by atoms with E-state index in [4.69, 9.17) is 0 Å². The largest absolute Gasteiger partial charge is 0.304 e. The van der Waals surface area contributed by atoms with Crippen LogP contribution in [0, 0.1) is 0 Å². The molecule has 0 unspecified atom stereocenters. The maximum atomic E-state index is 3.82. The Labute approximate surface area is 127 Å². The first-order chi connectivity index (χ1) is 9.33. The Morgan fingerprint density at radius 1 is 1.21 bits per heavy atom. The SMILES string of the molecule is CSC1(CNC(c2cccs2)c2cccs2)CCC1. The molecule has 19 heavy (non-hydrogen) atoms. The van der Waals surface area contributed by atoms with Gasteiger partial charge in [-0.3, -0.25) is 0 Å². The minimum absolute atomic E-state index is 0.379. The van der Waals surface area contributed by atoms with Crippen molar-refractivity contribution in [1.29, 1.82) is 0 Å². The Balaban J connectivity index is 1.73. The van der Waals surface area contributed by atoms with Crippen LogP contribution in [0.4, 0.5) is 0 Å². The van der Waals surface area contributed by atoms with Crippen molar-refractivity contribution in [1.82, 2.24) is 5.32 Å². The van der Waals surface area contributed by atoms with Crippen LogP contribution in [-0.2, 0) is 0 Å². The minimum Gasteiger partial charge on any atom is -0.304 e. The van der Waals surface area contributed by atoms with Crippen molar-refractivity contribution < 1.29 is 0 Å². The number of hydrogen-bond acceptors (Lipinski definition) is 4. The first-order valence-corrected chi connectivity index (χ1v) is 9.67. The van der Waals surface area contributed by atoms with E-state index in [0.717, 1.165) is 6.54 Å².